The smallest absolute Gasteiger partial charge is 0.251 e. The van der Waals surface area contributed by atoms with Crippen LogP contribution < -0.4 is 10.6 Å². The van der Waals surface area contributed by atoms with Gasteiger partial charge in [-0.25, -0.2) is 0 Å². The van der Waals surface area contributed by atoms with Crippen molar-refractivity contribution in [2.24, 2.45) is 0 Å². The van der Waals surface area contributed by atoms with Crippen molar-refractivity contribution in [3.8, 4) is 0 Å². The maximum Gasteiger partial charge on any atom is 0.251 e. The number of nitrogens with one attached hydrogen (secondary N) is 2. The lowest BCUT2D eigenvalue weighted by Crippen LogP contribution is -2.37. The van der Waals surface area contributed by atoms with E-state index in [2.05, 4.69) is 10.6 Å². The third-order valence-electron chi connectivity index (χ3n) is 2.18. The zero-order chi connectivity index (χ0) is 13.5. The summed E-state index contributed by atoms with van der Waals surface area (Å²) < 4.78 is 0. The molecular weight excluding hydrogens is 275 g/mol. The molecule has 0 saturated heterocycles. The van der Waals surface area contributed by atoms with Crippen LogP contribution in [0, 0.1) is 0 Å². The second-order valence-corrected chi connectivity index (χ2v) is 4.76. The Bertz CT molecular complexity index is 419. The molecule has 1 atom stereocenters. The minimum Gasteiger partial charge on any atom is -0.353 e. The van der Waals surface area contributed by atoms with Gasteiger partial charge in [-0.2, -0.15) is 0 Å². The lowest BCUT2D eigenvalue weighted by Gasteiger charge is -2.08. The van der Waals surface area contributed by atoms with E-state index in [1.807, 2.05) is 0 Å². The van der Waals surface area contributed by atoms with Crippen LogP contribution in [0.3, 0.4) is 0 Å². The van der Waals surface area contributed by atoms with Gasteiger partial charge in [-0.3, -0.25) is 9.59 Å². The van der Waals surface area contributed by atoms with Gasteiger partial charge in [0.2, 0.25) is 5.91 Å². The highest BCUT2D eigenvalue weighted by atomic mass is 35.5. The summed E-state index contributed by atoms with van der Waals surface area (Å²) in [5.74, 6) is -0.461. The van der Waals surface area contributed by atoms with E-state index in [1.54, 1.807) is 31.2 Å². The van der Waals surface area contributed by atoms with Gasteiger partial charge in [-0.1, -0.05) is 11.6 Å². The summed E-state index contributed by atoms with van der Waals surface area (Å²) in [7, 11) is 0. The van der Waals surface area contributed by atoms with Crippen molar-refractivity contribution in [3.63, 3.8) is 0 Å². The van der Waals surface area contributed by atoms with Crippen LogP contribution in [-0.4, -0.2) is 30.3 Å². The van der Waals surface area contributed by atoms with E-state index in [4.69, 9.17) is 23.2 Å². The molecule has 0 fully saturated rings. The molecule has 0 heterocycles. The molecule has 0 spiro atoms. The van der Waals surface area contributed by atoms with Crippen LogP contribution in [0.15, 0.2) is 24.3 Å². The average Bonchev–Trinajstić information content (AvgIpc) is 2.34. The molecule has 2 N–H and O–H groups in total. The number of amides is 2. The molecule has 1 unspecified atom stereocenters. The first-order valence-corrected chi connectivity index (χ1v) is 6.27. The summed E-state index contributed by atoms with van der Waals surface area (Å²) >= 11 is 11.3. The predicted octanol–water partition coefficient (Wildman–Crippen LogP) is 1.81. The van der Waals surface area contributed by atoms with Crippen LogP contribution in [-0.2, 0) is 4.79 Å². The van der Waals surface area contributed by atoms with E-state index >= 15 is 0 Å². The highest BCUT2D eigenvalue weighted by Gasteiger charge is 2.08. The van der Waals surface area contributed by atoms with Crippen molar-refractivity contribution in [1.29, 1.82) is 0 Å². The van der Waals surface area contributed by atoms with Crippen molar-refractivity contribution in [2.45, 2.75) is 12.3 Å². The molecule has 0 aliphatic carbocycles. The van der Waals surface area contributed by atoms with Crippen molar-refractivity contribution < 1.29 is 9.59 Å². The molecule has 1 rings (SSSR count). The molecule has 6 heteroatoms. The Morgan fingerprint density at radius 1 is 1.17 bits per heavy atom. The predicted molar refractivity (Wildman–Crippen MR) is 72.1 cm³/mol. The van der Waals surface area contributed by atoms with Gasteiger partial charge in [0.15, 0.2) is 0 Å². The van der Waals surface area contributed by atoms with E-state index in [0.29, 0.717) is 23.7 Å². The highest BCUT2D eigenvalue weighted by molar-refractivity contribution is 6.30. The van der Waals surface area contributed by atoms with Crippen LogP contribution in [0.5, 0.6) is 0 Å². The van der Waals surface area contributed by atoms with Crippen LogP contribution >= 0.6 is 23.2 Å². The number of carbonyl (C=O) groups excluding carboxylic acids is 2. The molecule has 1 aromatic carbocycles. The molecule has 0 bridgehead atoms. The maximum absolute atomic E-state index is 11.6. The normalized spacial score (nSPS) is 11.7. The molecule has 18 heavy (non-hydrogen) atoms. The fraction of sp³-hybridized carbons (Fsp3) is 0.333. The molecule has 0 aromatic heterocycles. The minimum atomic E-state index is -0.572. The van der Waals surface area contributed by atoms with Gasteiger partial charge in [-0.05, 0) is 31.2 Å². The van der Waals surface area contributed by atoms with Crippen molar-refractivity contribution in [3.05, 3.63) is 34.9 Å². The number of hydrogen-bond donors (Lipinski definition) is 2. The molecule has 0 aliphatic rings. The van der Waals surface area contributed by atoms with Gasteiger partial charge < -0.3 is 10.6 Å². The number of carbonyl (C=O) groups is 2. The summed E-state index contributed by atoms with van der Waals surface area (Å²) in [6.07, 6.45) is 0. The van der Waals surface area contributed by atoms with E-state index in [1.165, 1.54) is 0 Å². The van der Waals surface area contributed by atoms with Crippen molar-refractivity contribution in [2.75, 3.05) is 13.1 Å². The van der Waals surface area contributed by atoms with Gasteiger partial charge in [0.05, 0.1) is 0 Å². The van der Waals surface area contributed by atoms with Gasteiger partial charge >= 0.3 is 0 Å². The number of halogens is 2. The number of hydrogen-bond acceptors (Lipinski definition) is 2. The molecule has 0 aliphatic heterocycles. The van der Waals surface area contributed by atoms with Crippen LogP contribution in [0.1, 0.15) is 17.3 Å². The quantitative estimate of drug-likeness (QED) is 0.641. The van der Waals surface area contributed by atoms with Gasteiger partial charge in [0, 0.05) is 23.7 Å². The Morgan fingerprint density at radius 3 is 2.28 bits per heavy atom. The summed E-state index contributed by atoms with van der Waals surface area (Å²) in [5, 5.41) is 5.27. The van der Waals surface area contributed by atoms with Crippen LogP contribution in [0.25, 0.3) is 0 Å². The van der Waals surface area contributed by atoms with Crippen LogP contribution in [0.4, 0.5) is 0 Å². The second-order valence-electron chi connectivity index (χ2n) is 3.67. The fourth-order valence-corrected chi connectivity index (χ4v) is 1.41. The Labute approximate surface area is 116 Å². The lowest BCUT2D eigenvalue weighted by atomic mass is 10.2. The van der Waals surface area contributed by atoms with Crippen molar-refractivity contribution >= 4 is 35.0 Å². The Hall–Kier alpha value is -1.26. The summed E-state index contributed by atoms with van der Waals surface area (Å²) in [6.45, 7) is 2.27. The largest absolute Gasteiger partial charge is 0.353 e. The molecule has 2 amide bonds. The van der Waals surface area contributed by atoms with Crippen LogP contribution in [0.2, 0.25) is 5.02 Å². The first-order chi connectivity index (χ1) is 8.50. The Kier molecular flexibility index (Phi) is 5.95. The standard InChI is InChI=1S/C12H14Cl2N2O2/c1-8(13)11(17)15-6-7-16-12(18)9-2-4-10(14)5-3-9/h2-5,8H,6-7H2,1H3,(H,15,17)(H,16,18). The number of alkyl halides is 1. The zero-order valence-corrected chi connectivity index (χ0v) is 11.4. The Balaban J connectivity index is 2.29. The molecular formula is C12H14Cl2N2O2. The van der Waals surface area contributed by atoms with E-state index < -0.39 is 5.38 Å². The zero-order valence-electron chi connectivity index (χ0n) is 9.87. The molecule has 0 radical (unpaired) electrons. The average molecular weight is 289 g/mol. The van der Waals surface area contributed by atoms with E-state index in [0.717, 1.165) is 0 Å². The second kappa shape index (κ2) is 7.24. The number of rotatable bonds is 5. The van der Waals surface area contributed by atoms with Gasteiger partial charge in [0.1, 0.15) is 5.38 Å². The molecule has 1 aromatic rings. The topological polar surface area (TPSA) is 58.2 Å². The lowest BCUT2D eigenvalue weighted by molar-refractivity contribution is -0.120. The summed E-state index contributed by atoms with van der Waals surface area (Å²) in [6, 6.07) is 6.56. The Morgan fingerprint density at radius 2 is 1.72 bits per heavy atom. The van der Waals surface area contributed by atoms with E-state index in [9.17, 15) is 9.59 Å². The SMILES string of the molecule is CC(Cl)C(=O)NCCNC(=O)c1ccc(Cl)cc1. The molecule has 0 saturated carbocycles. The summed E-state index contributed by atoms with van der Waals surface area (Å²) in [5.41, 5.74) is 0.524. The third-order valence-corrected chi connectivity index (χ3v) is 2.63. The minimum absolute atomic E-state index is 0.208. The maximum atomic E-state index is 11.6. The molecule has 4 nitrogen and oxygen atoms in total. The van der Waals surface area contributed by atoms with E-state index in [-0.39, 0.29) is 11.8 Å². The highest BCUT2D eigenvalue weighted by Crippen LogP contribution is 2.09. The van der Waals surface area contributed by atoms with Crippen molar-refractivity contribution in [1.82, 2.24) is 10.6 Å². The number of benzene rings is 1. The van der Waals surface area contributed by atoms with Gasteiger partial charge in [0.25, 0.3) is 5.91 Å². The first kappa shape index (κ1) is 14.8. The first-order valence-electron chi connectivity index (χ1n) is 5.46. The summed E-state index contributed by atoms with van der Waals surface area (Å²) in [4.78, 5) is 22.8. The fourth-order valence-electron chi connectivity index (χ4n) is 1.21. The van der Waals surface area contributed by atoms with Gasteiger partial charge in [-0.15, -0.1) is 11.6 Å². The third kappa shape index (κ3) is 4.94. The monoisotopic (exact) mass is 288 g/mol. The molecule has 98 valence electrons.